The van der Waals surface area contributed by atoms with Crippen LogP contribution in [0.2, 0.25) is 5.02 Å². The first-order valence-electron chi connectivity index (χ1n) is 10.4. The average molecular weight is 469 g/mol. The topological polar surface area (TPSA) is 54.2 Å². The highest BCUT2D eigenvalue weighted by atomic mass is 35.5. The number of hydrogen-bond donors (Lipinski definition) is 1. The summed E-state index contributed by atoms with van der Waals surface area (Å²) in [6, 6.07) is 18.0. The summed E-state index contributed by atoms with van der Waals surface area (Å²) in [5.41, 5.74) is 2.58. The van der Waals surface area contributed by atoms with Gasteiger partial charge >= 0.3 is 0 Å². The van der Waals surface area contributed by atoms with Crippen LogP contribution in [0.15, 0.2) is 72.2 Å². The molecule has 164 valence electrons. The second-order valence-electron chi connectivity index (χ2n) is 8.04. The minimum absolute atomic E-state index is 0.0701. The van der Waals surface area contributed by atoms with Gasteiger partial charge in [-0.05, 0) is 59.8 Å². The molecule has 0 aliphatic carbocycles. The van der Waals surface area contributed by atoms with Crippen molar-refractivity contribution in [1.29, 1.82) is 0 Å². The van der Waals surface area contributed by atoms with E-state index in [-0.39, 0.29) is 17.9 Å². The first-order valence-corrected chi connectivity index (χ1v) is 11.7. The van der Waals surface area contributed by atoms with Crippen molar-refractivity contribution in [3.8, 4) is 11.3 Å². The van der Waals surface area contributed by atoms with E-state index in [1.165, 1.54) is 17.0 Å². The third-order valence-corrected chi connectivity index (χ3v) is 7.07. The van der Waals surface area contributed by atoms with Crippen LogP contribution in [0.3, 0.4) is 0 Å². The van der Waals surface area contributed by atoms with Crippen LogP contribution >= 0.6 is 22.9 Å². The maximum Gasteiger partial charge on any atom is 0.123 e. The van der Waals surface area contributed by atoms with Crippen molar-refractivity contribution < 1.29 is 9.50 Å². The Hall–Kier alpha value is -2.58. The molecule has 2 aromatic heterocycles. The molecule has 8 heteroatoms. The number of rotatable bonds is 5. The Kier molecular flexibility index (Phi) is 6.06. The fraction of sp³-hybridized carbons (Fsp3) is 0.250. The number of piperidine rings is 1. The lowest BCUT2D eigenvalue weighted by atomic mass is 9.90. The van der Waals surface area contributed by atoms with Crippen molar-refractivity contribution in [3.63, 3.8) is 0 Å². The molecule has 5 rings (SSSR count). The number of aliphatic hydroxyl groups excluding tert-OH is 1. The molecule has 1 aliphatic heterocycles. The van der Waals surface area contributed by atoms with Gasteiger partial charge in [0.15, 0.2) is 0 Å². The van der Waals surface area contributed by atoms with Gasteiger partial charge < -0.3 is 5.11 Å². The number of thiophene rings is 1. The van der Waals surface area contributed by atoms with Crippen molar-refractivity contribution >= 4 is 22.9 Å². The molecule has 3 heterocycles. The lowest BCUT2D eigenvalue weighted by Gasteiger charge is -2.42. The second-order valence-corrected chi connectivity index (χ2v) is 9.51. The van der Waals surface area contributed by atoms with E-state index in [1.807, 2.05) is 30.5 Å². The van der Waals surface area contributed by atoms with E-state index >= 15 is 0 Å². The van der Waals surface area contributed by atoms with E-state index < -0.39 is 6.10 Å². The third-order valence-electron chi connectivity index (χ3n) is 5.96. The van der Waals surface area contributed by atoms with Crippen molar-refractivity contribution in [2.45, 2.75) is 31.2 Å². The molecule has 0 radical (unpaired) electrons. The van der Waals surface area contributed by atoms with E-state index in [9.17, 15) is 9.50 Å². The van der Waals surface area contributed by atoms with Crippen LogP contribution in [0, 0.1) is 5.82 Å². The number of benzene rings is 2. The van der Waals surface area contributed by atoms with Crippen molar-refractivity contribution in [2.24, 2.45) is 0 Å². The molecule has 1 fully saturated rings. The van der Waals surface area contributed by atoms with Gasteiger partial charge in [-0.1, -0.05) is 35.0 Å². The zero-order valence-electron chi connectivity index (χ0n) is 17.2. The molecule has 5 nitrogen and oxygen atoms in total. The Morgan fingerprint density at radius 2 is 1.88 bits per heavy atom. The minimum atomic E-state index is -0.585. The zero-order valence-corrected chi connectivity index (χ0v) is 18.8. The molecule has 0 unspecified atom stereocenters. The number of aliphatic hydroxyl groups is 1. The molecule has 0 amide bonds. The Morgan fingerprint density at radius 3 is 2.59 bits per heavy atom. The Morgan fingerprint density at radius 1 is 1.09 bits per heavy atom. The monoisotopic (exact) mass is 468 g/mol. The molecule has 0 spiro atoms. The summed E-state index contributed by atoms with van der Waals surface area (Å²) in [5, 5.41) is 22.4. The smallest absolute Gasteiger partial charge is 0.123 e. The van der Waals surface area contributed by atoms with Crippen LogP contribution in [0.25, 0.3) is 11.3 Å². The SMILES string of the molecule is O[C@@H]1C[C@H](c2ccc(Cl)cc2)N(Cc2cccs2)C[C@@H]1n1cc(-c2ccc(F)cc2)nn1. The van der Waals surface area contributed by atoms with Crippen molar-refractivity contribution in [1.82, 2.24) is 19.9 Å². The fourth-order valence-corrected chi connectivity index (χ4v) is 5.14. The van der Waals surface area contributed by atoms with Gasteiger partial charge in [0, 0.05) is 34.6 Å². The lowest BCUT2D eigenvalue weighted by Crippen LogP contribution is -2.45. The minimum Gasteiger partial charge on any atom is -0.391 e. The Bertz CT molecular complexity index is 1160. The number of likely N-dealkylation sites (tertiary alicyclic amines) is 1. The first kappa shape index (κ1) is 21.3. The van der Waals surface area contributed by atoms with Crippen LogP contribution in [0.1, 0.15) is 28.9 Å². The second kappa shape index (κ2) is 9.11. The molecule has 1 N–H and O–H groups in total. The zero-order chi connectivity index (χ0) is 22.1. The highest BCUT2D eigenvalue weighted by Crippen LogP contribution is 2.37. The van der Waals surface area contributed by atoms with Gasteiger partial charge in [0.05, 0.1) is 18.3 Å². The number of nitrogens with zero attached hydrogens (tertiary/aromatic N) is 4. The predicted octanol–water partition coefficient (Wildman–Crippen LogP) is 5.35. The number of aromatic nitrogens is 3. The number of halogens is 2. The summed E-state index contributed by atoms with van der Waals surface area (Å²) >= 11 is 7.82. The van der Waals surface area contributed by atoms with Gasteiger partial charge in [0.1, 0.15) is 11.5 Å². The quantitative estimate of drug-likeness (QED) is 0.429. The number of hydrogen-bond acceptors (Lipinski definition) is 5. The maximum atomic E-state index is 13.3. The van der Waals surface area contributed by atoms with Crippen LogP contribution in [0.4, 0.5) is 4.39 Å². The fourth-order valence-electron chi connectivity index (χ4n) is 4.29. The molecule has 1 saturated heterocycles. The Labute approximate surface area is 194 Å². The summed E-state index contributed by atoms with van der Waals surface area (Å²) < 4.78 is 15.0. The van der Waals surface area contributed by atoms with Gasteiger partial charge in [0.25, 0.3) is 0 Å². The van der Waals surface area contributed by atoms with Crippen LogP contribution in [-0.2, 0) is 6.54 Å². The molecule has 4 aromatic rings. The molecular formula is C24H22ClFN4OS. The molecule has 2 aromatic carbocycles. The molecule has 3 atom stereocenters. The van der Waals surface area contributed by atoms with E-state index in [2.05, 4.69) is 32.7 Å². The summed E-state index contributed by atoms with van der Waals surface area (Å²) in [4.78, 5) is 3.65. The van der Waals surface area contributed by atoms with Gasteiger partial charge in [-0.25, -0.2) is 9.07 Å². The van der Waals surface area contributed by atoms with Gasteiger partial charge in [-0.15, -0.1) is 16.4 Å². The summed E-state index contributed by atoms with van der Waals surface area (Å²) in [6.07, 6.45) is 1.81. The molecule has 32 heavy (non-hydrogen) atoms. The third kappa shape index (κ3) is 4.47. The van der Waals surface area contributed by atoms with Crippen molar-refractivity contribution in [2.75, 3.05) is 6.54 Å². The van der Waals surface area contributed by atoms with Crippen LogP contribution in [0.5, 0.6) is 0 Å². The predicted molar refractivity (Wildman–Crippen MR) is 124 cm³/mol. The standard InChI is InChI=1S/C24H22ClFN4OS/c25-18-7-3-17(4-8-18)22-12-24(31)23(15-29(22)13-20-2-1-11-32-20)30-14-21(27-28-30)16-5-9-19(26)10-6-16/h1-11,14,22-24,31H,12-13,15H2/t22-,23+,24-/m1/s1. The largest absolute Gasteiger partial charge is 0.391 e. The molecular weight excluding hydrogens is 447 g/mol. The van der Waals surface area contributed by atoms with E-state index in [0.717, 1.165) is 17.7 Å². The highest BCUT2D eigenvalue weighted by Gasteiger charge is 2.37. The van der Waals surface area contributed by atoms with Gasteiger partial charge in [0.2, 0.25) is 0 Å². The normalized spacial score (nSPS) is 21.7. The lowest BCUT2D eigenvalue weighted by molar-refractivity contribution is -0.0105. The van der Waals surface area contributed by atoms with Crippen LogP contribution in [-0.4, -0.2) is 37.6 Å². The maximum absolute atomic E-state index is 13.3. The van der Waals surface area contributed by atoms with Crippen LogP contribution < -0.4 is 0 Å². The molecule has 1 aliphatic rings. The first-order chi connectivity index (χ1) is 15.6. The highest BCUT2D eigenvalue weighted by molar-refractivity contribution is 7.09. The van der Waals surface area contributed by atoms with Crippen molar-refractivity contribution in [3.05, 3.63) is 93.5 Å². The molecule has 0 bridgehead atoms. The van der Waals surface area contributed by atoms with Gasteiger partial charge in [-0.2, -0.15) is 0 Å². The summed E-state index contributed by atoms with van der Waals surface area (Å²) in [6.45, 7) is 1.41. The summed E-state index contributed by atoms with van der Waals surface area (Å²) in [5.74, 6) is -0.290. The molecule has 0 saturated carbocycles. The van der Waals surface area contributed by atoms with E-state index in [1.54, 1.807) is 28.2 Å². The Balaban J connectivity index is 1.42. The van der Waals surface area contributed by atoms with Gasteiger partial charge in [-0.3, -0.25) is 4.90 Å². The summed E-state index contributed by atoms with van der Waals surface area (Å²) in [7, 11) is 0. The average Bonchev–Trinajstić information content (AvgIpc) is 3.48. The van der Waals surface area contributed by atoms with E-state index in [4.69, 9.17) is 11.6 Å². The van der Waals surface area contributed by atoms with E-state index in [0.29, 0.717) is 23.7 Å².